The molecule has 0 saturated carbocycles. The molecular weight excluding hydrogens is 215 g/mol. The maximum Gasteiger partial charge on any atom is 0.433 e. The Morgan fingerprint density at radius 3 is 2.50 bits per heavy atom. The van der Waals surface area contributed by atoms with E-state index in [0.717, 1.165) is 16.7 Å². The van der Waals surface area contributed by atoms with Crippen LogP contribution in [0.4, 0.5) is 13.2 Å². The number of hydrogen-bond acceptors (Lipinski definition) is 1. The quantitative estimate of drug-likeness (QED) is 0.645. The highest BCUT2D eigenvalue weighted by atomic mass is 19.4. The van der Waals surface area contributed by atoms with Crippen LogP contribution >= 0.6 is 0 Å². The van der Waals surface area contributed by atoms with Crippen molar-refractivity contribution >= 4 is 5.71 Å². The normalized spacial score (nSPS) is 15.7. The third-order valence-electron chi connectivity index (χ3n) is 2.77. The molecule has 0 saturated heterocycles. The number of aryl methyl sites for hydroxylation is 2. The van der Waals surface area contributed by atoms with Gasteiger partial charge in [0, 0.05) is 12.1 Å². The molecule has 0 aliphatic carbocycles. The van der Waals surface area contributed by atoms with E-state index in [1.165, 1.54) is 0 Å². The molecular formula is C12H12F3N. The summed E-state index contributed by atoms with van der Waals surface area (Å²) in [4.78, 5) is 3.62. The van der Waals surface area contributed by atoms with Gasteiger partial charge in [0.1, 0.15) is 5.71 Å². The summed E-state index contributed by atoms with van der Waals surface area (Å²) >= 11 is 0. The van der Waals surface area contributed by atoms with Crippen molar-refractivity contribution in [1.82, 2.24) is 0 Å². The zero-order valence-corrected chi connectivity index (χ0v) is 9.15. The highest BCUT2D eigenvalue weighted by molar-refractivity contribution is 6.06. The van der Waals surface area contributed by atoms with E-state index in [1.54, 1.807) is 13.0 Å². The van der Waals surface area contributed by atoms with E-state index in [2.05, 4.69) is 4.99 Å². The van der Waals surface area contributed by atoms with Gasteiger partial charge in [-0.2, -0.15) is 13.2 Å². The number of aliphatic imine (C=N–C) groups is 1. The molecule has 1 aromatic rings. The molecule has 0 spiro atoms. The first kappa shape index (κ1) is 11.2. The smallest absolute Gasteiger partial charge is 0.280 e. The lowest BCUT2D eigenvalue weighted by Crippen LogP contribution is -2.29. The molecule has 0 unspecified atom stereocenters. The van der Waals surface area contributed by atoms with Crippen LogP contribution in [0, 0.1) is 13.8 Å². The molecule has 16 heavy (non-hydrogen) atoms. The van der Waals surface area contributed by atoms with E-state index >= 15 is 0 Å². The third-order valence-corrected chi connectivity index (χ3v) is 2.77. The van der Waals surface area contributed by atoms with Gasteiger partial charge < -0.3 is 0 Å². The van der Waals surface area contributed by atoms with Gasteiger partial charge in [-0.05, 0) is 37.5 Å². The van der Waals surface area contributed by atoms with Gasteiger partial charge in [-0.3, -0.25) is 4.99 Å². The molecule has 86 valence electrons. The first-order chi connectivity index (χ1) is 7.39. The number of fused-ring (bicyclic) bond motifs is 1. The van der Waals surface area contributed by atoms with Crippen LogP contribution in [0.5, 0.6) is 0 Å². The minimum absolute atomic E-state index is 0.228. The van der Waals surface area contributed by atoms with Gasteiger partial charge in [0.2, 0.25) is 0 Å². The zero-order chi connectivity index (χ0) is 11.9. The predicted molar refractivity (Wildman–Crippen MR) is 57.1 cm³/mol. The van der Waals surface area contributed by atoms with Crippen LogP contribution in [-0.4, -0.2) is 18.4 Å². The summed E-state index contributed by atoms with van der Waals surface area (Å²) in [5.74, 6) is 0. The molecule has 4 heteroatoms. The lowest BCUT2D eigenvalue weighted by molar-refractivity contribution is -0.0584. The summed E-state index contributed by atoms with van der Waals surface area (Å²) in [5.41, 5.74) is 2.09. The molecule has 2 rings (SSSR count). The molecule has 0 fully saturated rings. The van der Waals surface area contributed by atoms with Gasteiger partial charge in [-0.15, -0.1) is 0 Å². The fraction of sp³-hybridized carbons (Fsp3) is 0.417. The third kappa shape index (κ3) is 1.84. The zero-order valence-electron chi connectivity index (χ0n) is 9.15. The second-order valence-corrected chi connectivity index (χ2v) is 4.09. The Balaban J connectivity index is 2.62. The molecule has 0 atom stereocenters. The number of benzene rings is 1. The van der Waals surface area contributed by atoms with Crippen LogP contribution in [0.1, 0.15) is 22.3 Å². The Labute approximate surface area is 92.0 Å². The standard InChI is InChI=1S/C12H12F3N/c1-7-5-8(2)9-3-4-16-11(10(9)6-7)12(13,14)15/h5-6H,3-4H2,1-2H3. The average Bonchev–Trinajstić information content (AvgIpc) is 2.15. The van der Waals surface area contributed by atoms with Crippen LogP contribution in [0.15, 0.2) is 17.1 Å². The summed E-state index contributed by atoms with van der Waals surface area (Å²) in [6, 6.07) is 3.49. The van der Waals surface area contributed by atoms with E-state index in [9.17, 15) is 13.2 Å². The molecule has 1 aromatic carbocycles. The van der Waals surface area contributed by atoms with E-state index in [0.29, 0.717) is 6.42 Å². The second-order valence-electron chi connectivity index (χ2n) is 4.09. The van der Waals surface area contributed by atoms with Gasteiger partial charge in [-0.1, -0.05) is 11.6 Å². The van der Waals surface area contributed by atoms with Crippen LogP contribution in [0.25, 0.3) is 0 Å². The van der Waals surface area contributed by atoms with E-state index in [4.69, 9.17) is 0 Å². The fourth-order valence-corrected chi connectivity index (χ4v) is 2.15. The van der Waals surface area contributed by atoms with Crippen molar-refractivity contribution in [3.05, 3.63) is 34.4 Å². The molecule has 1 aliphatic heterocycles. The van der Waals surface area contributed by atoms with Crippen LogP contribution < -0.4 is 0 Å². The maximum absolute atomic E-state index is 12.8. The minimum atomic E-state index is -4.35. The van der Waals surface area contributed by atoms with Crippen molar-refractivity contribution in [2.75, 3.05) is 6.54 Å². The Morgan fingerprint density at radius 1 is 1.19 bits per heavy atom. The summed E-state index contributed by atoms with van der Waals surface area (Å²) in [7, 11) is 0. The molecule has 0 amide bonds. The first-order valence-corrected chi connectivity index (χ1v) is 5.12. The monoisotopic (exact) mass is 227 g/mol. The SMILES string of the molecule is Cc1cc(C)c2c(c1)C(C(F)(F)F)=NCC2. The van der Waals surface area contributed by atoms with Crippen molar-refractivity contribution in [3.8, 4) is 0 Å². The highest BCUT2D eigenvalue weighted by Crippen LogP contribution is 2.30. The predicted octanol–water partition coefficient (Wildman–Crippen LogP) is 3.21. The van der Waals surface area contributed by atoms with Gasteiger partial charge in [0.15, 0.2) is 0 Å². The number of halogens is 3. The number of hydrogen-bond donors (Lipinski definition) is 0. The Morgan fingerprint density at radius 2 is 1.88 bits per heavy atom. The van der Waals surface area contributed by atoms with Gasteiger partial charge in [-0.25, -0.2) is 0 Å². The Hall–Kier alpha value is -1.32. The van der Waals surface area contributed by atoms with Crippen LogP contribution in [0.2, 0.25) is 0 Å². The Bertz CT molecular complexity index is 458. The second kappa shape index (κ2) is 3.61. The number of rotatable bonds is 0. The molecule has 0 N–H and O–H groups in total. The molecule has 0 aromatic heterocycles. The molecule has 1 aliphatic rings. The lowest BCUT2D eigenvalue weighted by atomic mass is 9.91. The fourth-order valence-electron chi connectivity index (χ4n) is 2.15. The highest BCUT2D eigenvalue weighted by Gasteiger charge is 2.39. The topological polar surface area (TPSA) is 12.4 Å². The van der Waals surface area contributed by atoms with Gasteiger partial charge in [0.05, 0.1) is 0 Å². The molecule has 0 radical (unpaired) electrons. The van der Waals surface area contributed by atoms with Gasteiger partial charge >= 0.3 is 6.18 Å². The van der Waals surface area contributed by atoms with E-state index in [1.807, 2.05) is 13.0 Å². The van der Waals surface area contributed by atoms with Crippen molar-refractivity contribution in [1.29, 1.82) is 0 Å². The largest absolute Gasteiger partial charge is 0.433 e. The first-order valence-electron chi connectivity index (χ1n) is 5.12. The van der Waals surface area contributed by atoms with Gasteiger partial charge in [0.25, 0.3) is 0 Å². The number of nitrogens with zero attached hydrogens (tertiary/aromatic N) is 1. The summed E-state index contributed by atoms with van der Waals surface area (Å²) in [5, 5.41) is 0. The molecule has 1 heterocycles. The van der Waals surface area contributed by atoms with Crippen LogP contribution in [0.3, 0.4) is 0 Å². The average molecular weight is 227 g/mol. The summed E-state index contributed by atoms with van der Waals surface area (Å²) in [6.45, 7) is 3.88. The van der Waals surface area contributed by atoms with Crippen molar-refractivity contribution < 1.29 is 13.2 Å². The minimum Gasteiger partial charge on any atom is -0.280 e. The molecule has 1 nitrogen and oxygen atoms in total. The molecule has 0 bridgehead atoms. The summed E-state index contributed by atoms with van der Waals surface area (Å²) in [6.07, 6.45) is -3.75. The van der Waals surface area contributed by atoms with Crippen molar-refractivity contribution in [3.63, 3.8) is 0 Å². The van der Waals surface area contributed by atoms with E-state index in [-0.39, 0.29) is 12.1 Å². The summed E-state index contributed by atoms with van der Waals surface area (Å²) < 4.78 is 38.3. The van der Waals surface area contributed by atoms with Crippen molar-refractivity contribution in [2.24, 2.45) is 4.99 Å². The Kier molecular flexibility index (Phi) is 2.52. The lowest BCUT2D eigenvalue weighted by Gasteiger charge is -2.21. The number of alkyl halides is 3. The van der Waals surface area contributed by atoms with E-state index < -0.39 is 11.9 Å². The van der Waals surface area contributed by atoms with Crippen LogP contribution in [-0.2, 0) is 6.42 Å². The maximum atomic E-state index is 12.8. The van der Waals surface area contributed by atoms with Crippen molar-refractivity contribution in [2.45, 2.75) is 26.4 Å².